The lowest BCUT2D eigenvalue weighted by molar-refractivity contribution is 0.0946. The van der Waals surface area contributed by atoms with E-state index in [-0.39, 0.29) is 5.91 Å². The minimum absolute atomic E-state index is 0.140. The van der Waals surface area contributed by atoms with E-state index in [9.17, 15) is 4.79 Å². The van der Waals surface area contributed by atoms with Gasteiger partial charge in [-0.1, -0.05) is 30.3 Å². The predicted octanol–water partition coefficient (Wildman–Crippen LogP) is 2.50. The van der Waals surface area contributed by atoms with Crippen LogP contribution in [0.1, 0.15) is 23.0 Å². The van der Waals surface area contributed by atoms with Crippen molar-refractivity contribution in [3.05, 3.63) is 47.0 Å². The molecule has 0 saturated carbocycles. The summed E-state index contributed by atoms with van der Waals surface area (Å²) in [5.41, 5.74) is 1.54. The number of nitrogens with zero attached hydrogens (tertiary/aromatic N) is 1. The third-order valence-corrected chi connectivity index (χ3v) is 3.16. The number of thiazole rings is 1. The Kier molecular flexibility index (Phi) is 4.30. The number of rotatable bonds is 5. The predicted molar refractivity (Wildman–Crippen MR) is 73.9 cm³/mol. The highest BCUT2D eigenvalue weighted by molar-refractivity contribution is 7.13. The van der Waals surface area contributed by atoms with Crippen LogP contribution in [0, 0.1) is 0 Å². The molecule has 0 radical (unpaired) electrons. The molecular formula is C13H15N3OS. The van der Waals surface area contributed by atoms with Crippen molar-refractivity contribution in [3.8, 4) is 0 Å². The zero-order valence-corrected chi connectivity index (χ0v) is 11.0. The Morgan fingerprint density at radius 3 is 2.83 bits per heavy atom. The van der Waals surface area contributed by atoms with Gasteiger partial charge in [0.25, 0.3) is 5.91 Å². The molecular weight excluding hydrogens is 246 g/mol. The number of benzene rings is 1. The fourth-order valence-corrected chi connectivity index (χ4v) is 2.24. The van der Waals surface area contributed by atoms with Gasteiger partial charge < -0.3 is 10.6 Å². The van der Waals surface area contributed by atoms with E-state index in [1.165, 1.54) is 11.3 Å². The molecule has 0 unspecified atom stereocenters. The van der Waals surface area contributed by atoms with E-state index in [1.54, 1.807) is 5.38 Å². The average Bonchev–Trinajstić information content (AvgIpc) is 2.86. The van der Waals surface area contributed by atoms with Crippen LogP contribution in [-0.4, -0.2) is 17.4 Å². The topological polar surface area (TPSA) is 54.0 Å². The van der Waals surface area contributed by atoms with Gasteiger partial charge in [-0.25, -0.2) is 4.98 Å². The quantitative estimate of drug-likeness (QED) is 0.869. The first-order valence-corrected chi connectivity index (χ1v) is 6.69. The van der Waals surface area contributed by atoms with Crippen LogP contribution >= 0.6 is 11.3 Å². The Morgan fingerprint density at radius 2 is 2.11 bits per heavy atom. The Balaban J connectivity index is 1.91. The van der Waals surface area contributed by atoms with E-state index in [0.29, 0.717) is 12.2 Å². The van der Waals surface area contributed by atoms with E-state index < -0.39 is 0 Å². The van der Waals surface area contributed by atoms with Gasteiger partial charge in [0.15, 0.2) is 5.13 Å². The summed E-state index contributed by atoms with van der Waals surface area (Å²) in [4.78, 5) is 16.0. The third kappa shape index (κ3) is 3.30. The lowest BCUT2D eigenvalue weighted by atomic mass is 10.2. The first-order chi connectivity index (χ1) is 8.79. The minimum Gasteiger partial charge on any atom is -0.362 e. The fraction of sp³-hybridized carbons (Fsp3) is 0.231. The van der Waals surface area contributed by atoms with Gasteiger partial charge in [-0.2, -0.15) is 0 Å². The van der Waals surface area contributed by atoms with E-state index in [2.05, 4.69) is 15.6 Å². The molecule has 0 atom stereocenters. The third-order valence-electron chi connectivity index (χ3n) is 2.36. The Morgan fingerprint density at radius 1 is 1.33 bits per heavy atom. The van der Waals surface area contributed by atoms with E-state index in [4.69, 9.17) is 0 Å². The molecule has 2 aromatic rings. The number of hydrogen-bond donors (Lipinski definition) is 2. The molecule has 1 aromatic heterocycles. The minimum atomic E-state index is -0.140. The lowest BCUT2D eigenvalue weighted by Crippen LogP contribution is -2.23. The summed E-state index contributed by atoms with van der Waals surface area (Å²) in [6.45, 7) is 3.32. The van der Waals surface area contributed by atoms with Crippen molar-refractivity contribution in [2.24, 2.45) is 0 Å². The van der Waals surface area contributed by atoms with Crippen LogP contribution in [0.3, 0.4) is 0 Å². The summed E-state index contributed by atoms with van der Waals surface area (Å²) >= 11 is 1.44. The van der Waals surface area contributed by atoms with Crippen LogP contribution < -0.4 is 10.6 Å². The second-order valence-electron chi connectivity index (χ2n) is 3.74. The number of amides is 1. The van der Waals surface area contributed by atoms with Gasteiger partial charge in [0.1, 0.15) is 5.69 Å². The molecule has 94 valence electrons. The van der Waals surface area contributed by atoms with Crippen LogP contribution in [-0.2, 0) is 6.54 Å². The number of carbonyl (C=O) groups is 1. The molecule has 18 heavy (non-hydrogen) atoms. The zero-order chi connectivity index (χ0) is 12.8. The smallest absolute Gasteiger partial charge is 0.271 e. The first kappa shape index (κ1) is 12.6. The fourth-order valence-electron chi connectivity index (χ4n) is 1.48. The number of hydrogen-bond acceptors (Lipinski definition) is 4. The zero-order valence-electron chi connectivity index (χ0n) is 10.1. The van der Waals surface area contributed by atoms with Gasteiger partial charge in [0.2, 0.25) is 0 Å². The molecule has 2 rings (SSSR count). The van der Waals surface area contributed by atoms with E-state index >= 15 is 0 Å². The first-order valence-electron chi connectivity index (χ1n) is 5.81. The molecule has 0 fully saturated rings. The number of carbonyl (C=O) groups excluding carboxylic acids is 1. The molecule has 1 amide bonds. The maximum Gasteiger partial charge on any atom is 0.271 e. The van der Waals surface area contributed by atoms with Crippen molar-refractivity contribution >= 4 is 22.4 Å². The molecule has 4 nitrogen and oxygen atoms in total. The van der Waals surface area contributed by atoms with E-state index in [0.717, 1.165) is 17.2 Å². The highest BCUT2D eigenvalue weighted by Gasteiger charge is 2.09. The summed E-state index contributed by atoms with van der Waals surface area (Å²) in [7, 11) is 0. The van der Waals surface area contributed by atoms with Crippen molar-refractivity contribution in [2.75, 3.05) is 11.9 Å². The van der Waals surface area contributed by atoms with E-state index in [1.807, 2.05) is 37.3 Å². The van der Waals surface area contributed by atoms with Gasteiger partial charge in [-0.05, 0) is 12.5 Å². The van der Waals surface area contributed by atoms with Gasteiger partial charge in [0, 0.05) is 18.5 Å². The summed E-state index contributed by atoms with van der Waals surface area (Å²) in [5.74, 6) is -0.140. The van der Waals surface area contributed by atoms with Crippen molar-refractivity contribution in [1.82, 2.24) is 10.3 Å². The summed E-state index contributed by atoms with van der Waals surface area (Å²) in [6.07, 6.45) is 0. The average molecular weight is 261 g/mol. The standard InChI is InChI=1S/C13H15N3OS/c1-2-14-13-16-11(9-18-13)12(17)15-8-10-6-4-3-5-7-10/h3-7,9H,2,8H2,1H3,(H,14,16)(H,15,17). The highest BCUT2D eigenvalue weighted by atomic mass is 32.1. The molecule has 1 aromatic carbocycles. The van der Waals surface area contributed by atoms with Gasteiger partial charge in [-0.15, -0.1) is 11.3 Å². The van der Waals surface area contributed by atoms with Gasteiger partial charge >= 0.3 is 0 Å². The Hall–Kier alpha value is -1.88. The summed E-state index contributed by atoms with van der Waals surface area (Å²) < 4.78 is 0. The van der Waals surface area contributed by atoms with Crippen LogP contribution in [0.5, 0.6) is 0 Å². The van der Waals surface area contributed by atoms with Crippen molar-refractivity contribution in [1.29, 1.82) is 0 Å². The largest absolute Gasteiger partial charge is 0.362 e. The van der Waals surface area contributed by atoms with Gasteiger partial charge in [-0.3, -0.25) is 4.79 Å². The molecule has 2 N–H and O–H groups in total. The number of aromatic nitrogens is 1. The second kappa shape index (κ2) is 6.16. The summed E-state index contributed by atoms with van der Waals surface area (Å²) in [5, 5.41) is 8.47. The maximum atomic E-state index is 11.8. The Labute approximate surface area is 110 Å². The molecule has 0 bridgehead atoms. The second-order valence-corrected chi connectivity index (χ2v) is 4.59. The van der Waals surface area contributed by atoms with Gasteiger partial charge in [0.05, 0.1) is 0 Å². The SMILES string of the molecule is CCNc1nc(C(=O)NCc2ccccc2)cs1. The molecule has 1 heterocycles. The molecule has 0 spiro atoms. The van der Waals surface area contributed by atoms with Crippen LogP contribution in [0.15, 0.2) is 35.7 Å². The monoisotopic (exact) mass is 261 g/mol. The lowest BCUT2D eigenvalue weighted by Gasteiger charge is -2.02. The molecule has 0 aliphatic heterocycles. The Bertz CT molecular complexity index is 510. The normalized spacial score (nSPS) is 10.1. The van der Waals surface area contributed by atoms with Crippen molar-refractivity contribution in [3.63, 3.8) is 0 Å². The molecule has 0 aliphatic rings. The highest BCUT2D eigenvalue weighted by Crippen LogP contribution is 2.14. The molecule has 5 heteroatoms. The molecule has 0 aliphatic carbocycles. The number of anilines is 1. The maximum absolute atomic E-state index is 11.8. The van der Waals surface area contributed by atoms with Crippen LogP contribution in [0.4, 0.5) is 5.13 Å². The van der Waals surface area contributed by atoms with Crippen LogP contribution in [0.25, 0.3) is 0 Å². The van der Waals surface area contributed by atoms with Crippen LogP contribution in [0.2, 0.25) is 0 Å². The number of nitrogens with one attached hydrogen (secondary N) is 2. The van der Waals surface area contributed by atoms with Crippen molar-refractivity contribution < 1.29 is 4.79 Å². The van der Waals surface area contributed by atoms with Crippen molar-refractivity contribution in [2.45, 2.75) is 13.5 Å². The summed E-state index contributed by atoms with van der Waals surface area (Å²) in [6, 6.07) is 9.81. The molecule has 0 saturated heterocycles.